The third-order valence-electron chi connectivity index (χ3n) is 2.97. The average molecular weight is 254 g/mol. The van der Waals surface area contributed by atoms with Crippen molar-refractivity contribution in [1.82, 2.24) is 5.32 Å². The molecule has 0 bridgehead atoms. The zero-order chi connectivity index (χ0) is 12.3. The Kier molecular flexibility index (Phi) is 3.69. The van der Waals surface area contributed by atoms with Crippen LogP contribution in [0.3, 0.4) is 0 Å². The Bertz CT molecular complexity index is 479. The molecule has 5 heteroatoms. The Morgan fingerprint density at radius 1 is 1.29 bits per heavy atom. The maximum absolute atomic E-state index is 11.4. The standard InChI is InChI=1S/C12H18N2O2S/c1-17(15,16)12-4-2-3-11(9-12)14-10-5-7-13-8-6-10/h2-4,9-10,13-14H,5-8H2,1H3. The van der Waals surface area contributed by atoms with E-state index in [1.165, 1.54) is 6.26 Å². The fourth-order valence-electron chi connectivity index (χ4n) is 2.02. The Morgan fingerprint density at radius 3 is 2.65 bits per heavy atom. The molecule has 2 N–H and O–H groups in total. The smallest absolute Gasteiger partial charge is 0.175 e. The van der Waals surface area contributed by atoms with Crippen LogP contribution in [0.5, 0.6) is 0 Å². The van der Waals surface area contributed by atoms with E-state index in [-0.39, 0.29) is 0 Å². The minimum absolute atomic E-state index is 0.372. The number of benzene rings is 1. The summed E-state index contributed by atoms with van der Waals surface area (Å²) in [6.07, 6.45) is 3.38. The lowest BCUT2D eigenvalue weighted by atomic mass is 10.1. The van der Waals surface area contributed by atoms with Crippen LogP contribution < -0.4 is 10.6 Å². The van der Waals surface area contributed by atoms with E-state index in [1.54, 1.807) is 18.2 Å². The van der Waals surface area contributed by atoms with Crippen LogP contribution in [0, 0.1) is 0 Å². The maximum Gasteiger partial charge on any atom is 0.175 e. The van der Waals surface area contributed by atoms with E-state index < -0.39 is 9.84 Å². The van der Waals surface area contributed by atoms with E-state index in [4.69, 9.17) is 0 Å². The number of nitrogens with one attached hydrogen (secondary N) is 2. The topological polar surface area (TPSA) is 58.2 Å². The van der Waals surface area contributed by atoms with Crippen LogP contribution in [-0.2, 0) is 9.84 Å². The van der Waals surface area contributed by atoms with Crippen LogP contribution in [0.15, 0.2) is 29.2 Å². The maximum atomic E-state index is 11.4. The molecular weight excluding hydrogens is 236 g/mol. The molecule has 2 rings (SSSR count). The molecular formula is C12H18N2O2S. The van der Waals surface area contributed by atoms with E-state index >= 15 is 0 Å². The van der Waals surface area contributed by atoms with Crippen LogP contribution in [0.25, 0.3) is 0 Å². The predicted molar refractivity (Wildman–Crippen MR) is 69.1 cm³/mol. The second-order valence-corrected chi connectivity index (χ2v) is 6.48. The van der Waals surface area contributed by atoms with Crippen LogP contribution in [-0.4, -0.2) is 33.8 Å². The fourth-order valence-corrected chi connectivity index (χ4v) is 2.69. The second kappa shape index (κ2) is 5.06. The molecule has 1 fully saturated rings. The molecule has 1 aromatic carbocycles. The summed E-state index contributed by atoms with van der Waals surface area (Å²) in [7, 11) is -3.12. The molecule has 0 amide bonds. The summed E-state index contributed by atoms with van der Waals surface area (Å²) in [5, 5.41) is 6.69. The van der Waals surface area contributed by atoms with E-state index in [0.29, 0.717) is 10.9 Å². The monoisotopic (exact) mass is 254 g/mol. The van der Waals surface area contributed by atoms with Gasteiger partial charge in [-0.1, -0.05) is 6.07 Å². The van der Waals surface area contributed by atoms with Gasteiger partial charge in [-0.25, -0.2) is 8.42 Å². The van der Waals surface area contributed by atoms with Crippen molar-refractivity contribution in [3.63, 3.8) is 0 Å². The van der Waals surface area contributed by atoms with Crippen molar-refractivity contribution < 1.29 is 8.42 Å². The second-order valence-electron chi connectivity index (χ2n) is 4.47. The van der Waals surface area contributed by atoms with E-state index in [1.807, 2.05) is 6.07 Å². The molecule has 0 saturated carbocycles. The Hall–Kier alpha value is -1.07. The first-order chi connectivity index (χ1) is 8.05. The van der Waals surface area contributed by atoms with Crippen molar-refractivity contribution in [3.05, 3.63) is 24.3 Å². The molecule has 0 unspecified atom stereocenters. The van der Waals surface area contributed by atoms with Crippen molar-refractivity contribution in [2.45, 2.75) is 23.8 Å². The number of anilines is 1. The van der Waals surface area contributed by atoms with Gasteiger partial charge in [-0.2, -0.15) is 0 Å². The minimum atomic E-state index is -3.12. The van der Waals surface area contributed by atoms with Gasteiger partial charge in [-0.15, -0.1) is 0 Å². The first kappa shape index (κ1) is 12.4. The van der Waals surface area contributed by atoms with Crippen LogP contribution in [0.1, 0.15) is 12.8 Å². The lowest BCUT2D eigenvalue weighted by Crippen LogP contribution is -2.35. The van der Waals surface area contributed by atoms with Gasteiger partial charge in [0.05, 0.1) is 4.90 Å². The molecule has 1 aliphatic rings. The zero-order valence-electron chi connectivity index (χ0n) is 9.94. The quantitative estimate of drug-likeness (QED) is 0.852. The lowest BCUT2D eigenvalue weighted by Gasteiger charge is -2.24. The van der Waals surface area contributed by atoms with Gasteiger partial charge in [0.15, 0.2) is 9.84 Å². The van der Waals surface area contributed by atoms with Crippen molar-refractivity contribution >= 4 is 15.5 Å². The molecule has 0 aromatic heterocycles. The number of hydrogen-bond donors (Lipinski definition) is 2. The van der Waals surface area contributed by atoms with Gasteiger partial charge in [0, 0.05) is 18.0 Å². The van der Waals surface area contributed by atoms with Crippen LogP contribution in [0.2, 0.25) is 0 Å². The molecule has 0 aliphatic carbocycles. The number of sulfone groups is 1. The molecule has 1 saturated heterocycles. The Morgan fingerprint density at radius 2 is 2.00 bits per heavy atom. The van der Waals surface area contributed by atoms with Crippen molar-refractivity contribution in [3.8, 4) is 0 Å². The number of piperidine rings is 1. The summed E-state index contributed by atoms with van der Waals surface area (Å²) in [4.78, 5) is 0.372. The van der Waals surface area contributed by atoms with Crippen LogP contribution >= 0.6 is 0 Å². The van der Waals surface area contributed by atoms with Crippen molar-refractivity contribution in [2.24, 2.45) is 0 Å². The van der Waals surface area contributed by atoms with E-state index in [2.05, 4.69) is 10.6 Å². The molecule has 0 atom stereocenters. The Labute approximate surface area is 102 Å². The van der Waals surface area contributed by atoms with Gasteiger partial charge in [0.2, 0.25) is 0 Å². The van der Waals surface area contributed by atoms with Gasteiger partial charge < -0.3 is 10.6 Å². The molecule has 0 radical (unpaired) electrons. The van der Waals surface area contributed by atoms with E-state index in [0.717, 1.165) is 31.6 Å². The normalized spacial score (nSPS) is 17.9. The summed E-state index contributed by atoms with van der Waals surface area (Å²) in [6, 6.07) is 7.46. The van der Waals surface area contributed by atoms with Gasteiger partial charge in [0.25, 0.3) is 0 Å². The van der Waals surface area contributed by atoms with Gasteiger partial charge >= 0.3 is 0 Å². The van der Waals surface area contributed by atoms with Gasteiger partial charge in [-0.05, 0) is 44.1 Å². The first-order valence-corrected chi connectivity index (χ1v) is 7.72. The van der Waals surface area contributed by atoms with E-state index in [9.17, 15) is 8.42 Å². The molecule has 4 nitrogen and oxygen atoms in total. The largest absolute Gasteiger partial charge is 0.382 e. The molecule has 1 aromatic rings. The SMILES string of the molecule is CS(=O)(=O)c1cccc(NC2CCNCC2)c1. The fraction of sp³-hybridized carbons (Fsp3) is 0.500. The highest BCUT2D eigenvalue weighted by Gasteiger charge is 2.13. The third-order valence-corrected chi connectivity index (χ3v) is 4.08. The summed E-state index contributed by atoms with van der Waals surface area (Å²) < 4.78 is 22.9. The highest BCUT2D eigenvalue weighted by Crippen LogP contribution is 2.18. The molecule has 0 spiro atoms. The average Bonchev–Trinajstić information content (AvgIpc) is 2.29. The van der Waals surface area contributed by atoms with Crippen molar-refractivity contribution in [1.29, 1.82) is 0 Å². The summed E-state index contributed by atoms with van der Waals surface area (Å²) in [5.74, 6) is 0. The number of rotatable bonds is 3. The lowest BCUT2D eigenvalue weighted by molar-refractivity contribution is 0.479. The first-order valence-electron chi connectivity index (χ1n) is 5.83. The summed E-state index contributed by atoms with van der Waals surface area (Å²) in [5.41, 5.74) is 0.889. The van der Waals surface area contributed by atoms with Gasteiger partial charge in [-0.3, -0.25) is 0 Å². The zero-order valence-corrected chi connectivity index (χ0v) is 10.8. The molecule has 17 heavy (non-hydrogen) atoms. The minimum Gasteiger partial charge on any atom is -0.382 e. The highest BCUT2D eigenvalue weighted by atomic mass is 32.2. The summed E-state index contributed by atoms with van der Waals surface area (Å²) in [6.45, 7) is 2.03. The van der Waals surface area contributed by atoms with Gasteiger partial charge in [0.1, 0.15) is 0 Å². The molecule has 1 heterocycles. The molecule has 94 valence electrons. The summed E-state index contributed by atoms with van der Waals surface area (Å²) >= 11 is 0. The highest BCUT2D eigenvalue weighted by molar-refractivity contribution is 7.90. The number of hydrogen-bond acceptors (Lipinski definition) is 4. The third kappa shape index (κ3) is 3.44. The Balaban J connectivity index is 2.11. The molecule has 1 aliphatic heterocycles. The van der Waals surface area contributed by atoms with Crippen LogP contribution in [0.4, 0.5) is 5.69 Å². The van der Waals surface area contributed by atoms with Crippen molar-refractivity contribution in [2.75, 3.05) is 24.7 Å². The predicted octanol–water partition coefficient (Wildman–Crippen LogP) is 1.25.